The summed E-state index contributed by atoms with van der Waals surface area (Å²) in [6, 6.07) is 7.72. The number of anilines is 1. The fraction of sp³-hybridized carbons (Fsp3) is 0.357. The Morgan fingerprint density at radius 1 is 1.42 bits per heavy atom. The molecule has 0 bridgehead atoms. The number of nitrogens with zero attached hydrogens (tertiary/aromatic N) is 3. The predicted octanol–water partition coefficient (Wildman–Crippen LogP) is 1.81. The molecule has 1 aliphatic heterocycles. The summed E-state index contributed by atoms with van der Waals surface area (Å²) in [5.74, 6) is 1.39. The minimum Gasteiger partial charge on any atom is -0.348 e. The van der Waals surface area contributed by atoms with E-state index in [1.807, 2.05) is 24.4 Å². The van der Waals surface area contributed by atoms with Gasteiger partial charge in [0.05, 0.1) is 11.7 Å². The minimum atomic E-state index is -0.103. The van der Waals surface area contributed by atoms with Gasteiger partial charge in [-0.05, 0) is 31.9 Å². The zero-order valence-corrected chi connectivity index (χ0v) is 10.8. The van der Waals surface area contributed by atoms with Crippen molar-refractivity contribution in [1.29, 1.82) is 0 Å². The van der Waals surface area contributed by atoms with Gasteiger partial charge in [0.1, 0.15) is 11.6 Å². The smallest absolute Gasteiger partial charge is 0.252 e. The highest BCUT2D eigenvalue weighted by Gasteiger charge is 2.28. The molecule has 1 N–H and O–H groups in total. The maximum absolute atomic E-state index is 11.6. The Labute approximate surface area is 111 Å². The molecule has 0 radical (unpaired) electrons. The summed E-state index contributed by atoms with van der Waals surface area (Å²) in [4.78, 5) is 25.3. The summed E-state index contributed by atoms with van der Waals surface area (Å²) in [5, 5.41) is 0. The molecule has 19 heavy (non-hydrogen) atoms. The van der Waals surface area contributed by atoms with Crippen molar-refractivity contribution in [1.82, 2.24) is 15.0 Å². The second kappa shape index (κ2) is 4.84. The zero-order valence-electron chi connectivity index (χ0n) is 10.8. The number of aromatic amines is 1. The molecule has 1 atom stereocenters. The van der Waals surface area contributed by atoms with Gasteiger partial charge in [-0.2, -0.15) is 0 Å². The first-order valence-corrected chi connectivity index (χ1v) is 6.49. The molecule has 1 aliphatic rings. The van der Waals surface area contributed by atoms with Gasteiger partial charge in [-0.15, -0.1) is 0 Å². The molecule has 0 saturated carbocycles. The third-order valence-corrected chi connectivity index (χ3v) is 3.42. The van der Waals surface area contributed by atoms with Crippen LogP contribution in [0.1, 0.15) is 30.4 Å². The lowest BCUT2D eigenvalue weighted by Crippen LogP contribution is -2.26. The first kappa shape index (κ1) is 11.9. The van der Waals surface area contributed by atoms with Gasteiger partial charge in [0.2, 0.25) is 0 Å². The van der Waals surface area contributed by atoms with E-state index in [2.05, 4.69) is 19.9 Å². The third kappa shape index (κ3) is 2.36. The van der Waals surface area contributed by atoms with Crippen LogP contribution in [0.25, 0.3) is 0 Å². The van der Waals surface area contributed by atoms with Crippen LogP contribution in [0.5, 0.6) is 0 Å². The average Bonchev–Trinajstić information content (AvgIpc) is 2.88. The van der Waals surface area contributed by atoms with Gasteiger partial charge in [-0.3, -0.25) is 9.78 Å². The van der Waals surface area contributed by atoms with E-state index in [1.54, 1.807) is 13.0 Å². The Morgan fingerprint density at radius 2 is 2.32 bits per heavy atom. The van der Waals surface area contributed by atoms with Gasteiger partial charge in [0, 0.05) is 18.8 Å². The average molecular weight is 256 g/mol. The van der Waals surface area contributed by atoms with Crippen molar-refractivity contribution < 1.29 is 0 Å². The molecule has 0 aliphatic carbocycles. The Morgan fingerprint density at radius 3 is 3.05 bits per heavy atom. The molecule has 98 valence electrons. The van der Waals surface area contributed by atoms with Crippen LogP contribution in [0.15, 0.2) is 35.3 Å². The highest BCUT2D eigenvalue weighted by molar-refractivity contribution is 5.42. The van der Waals surface area contributed by atoms with Crippen molar-refractivity contribution in [3.63, 3.8) is 0 Å². The second-order valence-corrected chi connectivity index (χ2v) is 4.80. The summed E-state index contributed by atoms with van der Waals surface area (Å²) in [5.41, 5.74) is 0.939. The molecule has 3 heterocycles. The summed E-state index contributed by atoms with van der Waals surface area (Å²) < 4.78 is 0. The van der Waals surface area contributed by atoms with Crippen molar-refractivity contribution in [3.8, 4) is 0 Å². The quantitative estimate of drug-likeness (QED) is 0.890. The molecule has 0 amide bonds. The van der Waals surface area contributed by atoms with Gasteiger partial charge in [-0.25, -0.2) is 4.98 Å². The first-order valence-electron chi connectivity index (χ1n) is 6.49. The van der Waals surface area contributed by atoms with Gasteiger partial charge >= 0.3 is 0 Å². The van der Waals surface area contributed by atoms with Crippen LogP contribution in [0.3, 0.4) is 0 Å². The molecule has 5 nitrogen and oxygen atoms in total. The molecule has 0 aromatic carbocycles. The number of pyridine rings is 1. The van der Waals surface area contributed by atoms with E-state index in [-0.39, 0.29) is 11.6 Å². The number of aryl methyl sites for hydroxylation is 1. The van der Waals surface area contributed by atoms with Crippen molar-refractivity contribution in [3.05, 3.63) is 52.3 Å². The number of hydrogen-bond donors (Lipinski definition) is 1. The lowest BCUT2D eigenvalue weighted by molar-refractivity contribution is 0.685. The van der Waals surface area contributed by atoms with E-state index in [1.165, 1.54) is 0 Å². The molecule has 1 unspecified atom stereocenters. The van der Waals surface area contributed by atoms with Gasteiger partial charge < -0.3 is 9.88 Å². The van der Waals surface area contributed by atoms with Crippen molar-refractivity contribution in [2.45, 2.75) is 25.8 Å². The predicted molar refractivity (Wildman–Crippen MR) is 73.2 cm³/mol. The highest BCUT2D eigenvalue weighted by Crippen LogP contribution is 2.33. The number of aromatic nitrogens is 3. The van der Waals surface area contributed by atoms with Crippen LogP contribution in [-0.4, -0.2) is 21.5 Å². The zero-order chi connectivity index (χ0) is 13.2. The molecule has 2 aromatic rings. The molecule has 1 fully saturated rings. The fourth-order valence-corrected chi connectivity index (χ4v) is 2.63. The van der Waals surface area contributed by atoms with Crippen molar-refractivity contribution in [2.24, 2.45) is 0 Å². The van der Waals surface area contributed by atoms with Gasteiger partial charge in [-0.1, -0.05) is 6.07 Å². The number of H-pyrrole nitrogens is 1. The molecule has 0 spiro atoms. The molecule has 1 saturated heterocycles. The summed E-state index contributed by atoms with van der Waals surface area (Å²) in [6.45, 7) is 2.72. The van der Waals surface area contributed by atoms with E-state index in [0.717, 1.165) is 30.9 Å². The van der Waals surface area contributed by atoms with Crippen LogP contribution >= 0.6 is 0 Å². The second-order valence-electron chi connectivity index (χ2n) is 4.80. The Balaban J connectivity index is 1.97. The minimum absolute atomic E-state index is 0.103. The summed E-state index contributed by atoms with van der Waals surface area (Å²) in [7, 11) is 0. The highest BCUT2D eigenvalue weighted by atomic mass is 16.1. The van der Waals surface area contributed by atoms with Crippen LogP contribution in [-0.2, 0) is 0 Å². The SMILES string of the molecule is Cc1nc(N2CCCC2c2ccccn2)cc(=O)[nH]1. The Bertz CT molecular complexity index is 623. The van der Waals surface area contributed by atoms with Crippen molar-refractivity contribution in [2.75, 3.05) is 11.4 Å². The number of rotatable bonds is 2. The molecular weight excluding hydrogens is 240 g/mol. The van der Waals surface area contributed by atoms with Crippen LogP contribution < -0.4 is 10.5 Å². The van der Waals surface area contributed by atoms with E-state index in [9.17, 15) is 4.79 Å². The standard InChI is InChI=1S/C14H16N4O/c1-10-16-13(9-14(19)17-10)18-8-4-6-12(18)11-5-2-3-7-15-11/h2-3,5,7,9,12H,4,6,8H2,1H3,(H,16,17,19). The van der Waals surface area contributed by atoms with E-state index < -0.39 is 0 Å². The normalized spacial score (nSPS) is 18.8. The van der Waals surface area contributed by atoms with Crippen LogP contribution in [0.2, 0.25) is 0 Å². The Kier molecular flexibility index (Phi) is 3.03. The molecule has 5 heteroatoms. The van der Waals surface area contributed by atoms with Gasteiger partial charge in [0.25, 0.3) is 5.56 Å². The summed E-state index contributed by atoms with van der Waals surface area (Å²) >= 11 is 0. The maximum atomic E-state index is 11.6. The van der Waals surface area contributed by atoms with Crippen LogP contribution in [0, 0.1) is 6.92 Å². The largest absolute Gasteiger partial charge is 0.348 e. The lowest BCUT2D eigenvalue weighted by atomic mass is 10.1. The lowest BCUT2D eigenvalue weighted by Gasteiger charge is -2.25. The maximum Gasteiger partial charge on any atom is 0.252 e. The van der Waals surface area contributed by atoms with Gasteiger partial charge in [0.15, 0.2) is 0 Å². The topological polar surface area (TPSA) is 61.9 Å². The van der Waals surface area contributed by atoms with E-state index in [4.69, 9.17) is 0 Å². The molecule has 3 rings (SSSR count). The fourth-order valence-electron chi connectivity index (χ4n) is 2.63. The monoisotopic (exact) mass is 256 g/mol. The Hall–Kier alpha value is -2.17. The number of nitrogens with one attached hydrogen (secondary N) is 1. The van der Waals surface area contributed by atoms with E-state index >= 15 is 0 Å². The first-order chi connectivity index (χ1) is 9.24. The summed E-state index contributed by atoms with van der Waals surface area (Å²) in [6.07, 6.45) is 3.95. The third-order valence-electron chi connectivity index (χ3n) is 3.42. The van der Waals surface area contributed by atoms with E-state index in [0.29, 0.717) is 5.82 Å². The molecule has 2 aromatic heterocycles. The number of hydrogen-bond acceptors (Lipinski definition) is 4. The molecular formula is C14H16N4O. The van der Waals surface area contributed by atoms with Crippen LogP contribution in [0.4, 0.5) is 5.82 Å². The van der Waals surface area contributed by atoms with Crippen molar-refractivity contribution >= 4 is 5.82 Å².